The maximum absolute atomic E-state index is 12.3. The van der Waals surface area contributed by atoms with E-state index in [1.54, 1.807) is 12.1 Å². The highest BCUT2D eigenvalue weighted by Crippen LogP contribution is 2.37. The molecular formula is C16H21NO3. The number of carbonyl (C=O) groups excluding carboxylic acids is 1. The van der Waals surface area contributed by atoms with Crippen LogP contribution in [-0.2, 0) is 0 Å². The number of fused-ring (bicyclic) bond motifs is 1. The lowest BCUT2D eigenvalue weighted by Crippen LogP contribution is -2.33. The van der Waals surface area contributed by atoms with Crippen LogP contribution in [0.1, 0.15) is 43.5 Å². The lowest BCUT2D eigenvalue weighted by atomic mass is 9.92. The Morgan fingerprint density at radius 3 is 2.70 bits per heavy atom. The molecule has 0 aromatic heterocycles. The summed E-state index contributed by atoms with van der Waals surface area (Å²) in [4.78, 5) is 12.3. The van der Waals surface area contributed by atoms with Crippen molar-refractivity contribution in [1.82, 2.24) is 5.32 Å². The van der Waals surface area contributed by atoms with Crippen LogP contribution in [0.3, 0.4) is 0 Å². The SMILES string of the molecule is CC1(C)CCC(NC(=O)c2ccc3c(c2)OCCO3)C1. The van der Waals surface area contributed by atoms with Gasteiger partial charge >= 0.3 is 0 Å². The van der Waals surface area contributed by atoms with Gasteiger partial charge in [0.2, 0.25) is 0 Å². The molecule has 0 bridgehead atoms. The first-order chi connectivity index (χ1) is 9.53. The minimum atomic E-state index is -0.0235. The van der Waals surface area contributed by atoms with Crippen LogP contribution in [0.15, 0.2) is 18.2 Å². The largest absolute Gasteiger partial charge is 0.486 e. The van der Waals surface area contributed by atoms with Gasteiger partial charge in [-0.15, -0.1) is 0 Å². The maximum Gasteiger partial charge on any atom is 0.251 e. The molecule has 4 nitrogen and oxygen atoms in total. The molecule has 1 aliphatic carbocycles. The number of amides is 1. The van der Waals surface area contributed by atoms with E-state index in [4.69, 9.17) is 9.47 Å². The Morgan fingerprint density at radius 1 is 1.25 bits per heavy atom. The molecule has 1 amide bonds. The van der Waals surface area contributed by atoms with Crippen LogP contribution in [0.25, 0.3) is 0 Å². The summed E-state index contributed by atoms with van der Waals surface area (Å²) < 4.78 is 11.0. The highest BCUT2D eigenvalue weighted by atomic mass is 16.6. The number of benzene rings is 1. The van der Waals surface area contributed by atoms with Gasteiger partial charge in [-0.25, -0.2) is 0 Å². The van der Waals surface area contributed by atoms with Crippen LogP contribution in [0, 0.1) is 5.41 Å². The van der Waals surface area contributed by atoms with Crippen LogP contribution < -0.4 is 14.8 Å². The van der Waals surface area contributed by atoms with Crippen LogP contribution >= 0.6 is 0 Å². The summed E-state index contributed by atoms with van der Waals surface area (Å²) in [6.45, 7) is 5.61. The summed E-state index contributed by atoms with van der Waals surface area (Å²) in [6.07, 6.45) is 3.27. The highest BCUT2D eigenvalue weighted by Gasteiger charge is 2.31. The molecule has 108 valence electrons. The van der Waals surface area contributed by atoms with Crippen LogP contribution in [0.4, 0.5) is 0 Å². The van der Waals surface area contributed by atoms with Gasteiger partial charge < -0.3 is 14.8 Å². The molecule has 1 aromatic rings. The molecule has 0 saturated heterocycles. The molecule has 1 atom stereocenters. The second kappa shape index (κ2) is 5.00. The number of carbonyl (C=O) groups is 1. The molecule has 1 N–H and O–H groups in total. The van der Waals surface area contributed by atoms with Gasteiger partial charge in [0.15, 0.2) is 11.5 Å². The van der Waals surface area contributed by atoms with E-state index in [-0.39, 0.29) is 11.9 Å². The zero-order valence-corrected chi connectivity index (χ0v) is 12.1. The van der Waals surface area contributed by atoms with E-state index in [9.17, 15) is 4.79 Å². The van der Waals surface area contributed by atoms with Gasteiger partial charge in [0, 0.05) is 11.6 Å². The van der Waals surface area contributed by atoms with E-state index < -0.39 is 0 Å². The van der Waals surface area contributed by atoms with Crippen molar-refractivity contribution in [1.29, 1.82) is 0 Å². The molecule has 1 saturated carbocycles. The van der Waals surface area contributed by atoms with Gasteiger partial charge in [-0.2, -0.15) is 0 Å². The Bertz CT molecular complexity index is 524. The molecule has 1 fully saturated rings. The molecule has 1 aromatic carbocycles. The fraction of sp³-hybridized carbons (Fsp3) is 0.562. The lowest BCUT2D eigenvalue weighted by molar-refractivity contribution is 0.0934. The van der Waals surface area contributed by atoms with Crippen molar-refractivity contribution >= 4 is 5.91 Å². The number of hydrogen-bond acceptors (Lipinski definition) is 3. The van der Waals surface area contributed by atoms with Crippen molar-refractivity contribution in [2.75, 3.05) is 13.2 Å². The van der Waals surface area contributed by atoms with Crippen LogP contribution in [-0.4, -0.2) is 25.2 Å². The van der Waals surface area contributed by atoms with Crippen molar-refractivity contribution in [3.05, 3.63) is 23.8 Å². The number of ether oxygens (including phenoxy) is 2. The third-order valence-corrected chi connectivity index (χ3v) is 4.11. The average molecular weight is 275 g/mol. The molecule has 2 aliphatic rings. The number of rotatable bonds is 2. The molecule has 1 aliphatic heterocycles. The Hall–Kier alpha value is -1.71. The summed E-state index contributed by atoms with van der Waals surface area (Å²) >= 11 is 0. The molecule has 1 heterocycles. The first-order valence-corrected chi connectivity index (χ1v) is 7.24. The monoisotopic (exact) mass is 275 g/mol. The second-order valence-corrected chi connectivity index (χ2v) is 6.44. The standard InChI is InChI=1S/C16H21NO3/c1-16(2)6-5-12(10-16)17-15(18)11-3-4-13-14(9-11)20-8-7-19-13/h3-4,9,12H,5-8,10H2,1-2H3,(H,17,18). The van der Waals surface area contributed by atoms with E-state index >= 15 is 0 Å². The van der Waals surface area contributed by atoms with Crippen molar-refractivity contribution in [2.45, 2.75) is 39.2 Å². The first kappa shape index (κ1) is 13.3. The zero-order chi connectivity index (χ0) is 14.2. The summed E-state index contributed by atoms with van der Waals surface area (Å²) in [6, 6.07) is 5.65. The first-order valence-electron chi connectivity index (χ1n) is 7.24. The van der Waals surface area contributed by atoms with Crippen LogP contribution in [0.5, 0.6) is 11.5 Å². The molecule has 3 rings (SSSR count). The van der Waals surface area contributed by atoms with Crippen molar-refractivity contribution < 1.29 is 14.3 Å². The van der Waals surface area contributed by atoms with E-state index in [0.29, 0.717) is 29.9 Å². The quantitative estimate of drug-likeness (QED) is 0.902. The number of hydrogen-bond donors (Lipinski definition) is 1. The van der Waals surface area contributed by atoms with Crippen molar-refractivity contribution in [3.8, 4) is 11.5 Å². The van der Waals surface area contributed by atoms with Crippen molar-refractivity contribution in [2.24, 2.45) is 5.41 Å². The highest BCUT2D eigenvalue weighted by molar-refractivity contribution is 5.95. The van der Waals surface area contributed by atoms with Crippen LogP contribution in [0.2, 0.25) is 0 Å². The molecule has 20 heavy (non-hydrogen) atoms. The Kier molecular flexibility index (Phi) is 3.32. The lowest BCUT2D eigenvalue weighted by Gasteiger charge is -2.20. The summed E-state index contributed by atoms with van der Waals surface area (Å²) in [5.41, 5.74) is 0.976. The average Bonchev–Trinajstić information content (AvgIpc) is 2.77. The summed E-state index contributed by atoms with van der Waals surface area (Å²) in [7, 11) is 0. The Labute approximate surface area is 119 Å². The van der Waals surface area contributed by atoms with E-state index in [0.717, 1.165) is 18.6 Å². The topological polar surface area (TPSA) is 47.6 Å². The van der Waals surface area contributed by atoms with Gasteiger partial charge in [0.1, 0.15) is 13.2 Å². The predicted octanol–water partition coefficient (Wildman–Crippen LogP) is 2.77. The zero-order valence-electron chi connectivity index (χ0n) is 12.1. The normalized spacial score (nSPS) is 23.4. The second-order valence-electron chi connectivity index (χ2n) is 6.44. The van der Waals surface area contributed by atoms with E-state index in [1.165, 1.54) is 6.42 Å². The summed E-state index contributed by atoms with van der Waals surface area (Å²) in [5.74, 6) is 1.36. The van der Waals surface area contributed by atoms with Gasteiger partial charge in [-0.3, -0.25) is 4.79 Å². The van der Waals surface area contributed by atoms with Crippen molar-refractivity contribution in [3.63, 3.8) is 0 Å². The van der Waals surface area contributed by atoms with E-state index in [2.05, 4.69) is 19.2 Å². The van der Waals surface area contributed by atoms with Gasteiger partial charge in [-0.1, -0.05) is 13.8 Å². The Morgan fingerprint density at radius 2 is 2.00 bits per heavy atom. The minimum absolute atomic E-state index is 0.0235. The smallest absolute Gasteiger partial charge is 0.251 e. The fourth-order valence-corrected chi connectivity index (χ4v) is 3.01. The predicted molar refractivity (Wildman–Crippen MR) is 76.3 cm³/mol. The molecule has 1 unspecified atom stereocenters. The van der Waals surface area contributed by atoms with Gasteiger partial charge in [0.25, 0.3) is 5.91 Å². The fourth-order valence-electron chi connectivity index (χ4n) is 3.01. The third kappa shape index (κ3) is 2.74. The molecule has 4 heteroatoms. The van der Waals surface area contributed by atoms with Gasteiger partial charge in [0.05, 0.1) is 0 Å². The number of nitrogens with one attached hydrogen (secondary N) is 1. The molecule has 0 spiro atoms. The Balaban J connectivity index is 1.68. The molecule has 0 radical (unpaired) electrons. The van der Waals surface area contributed by atoms with Gasteiger partial charge in [-0.05, 0) is 42.9 Å². The third-order valence-electron chi connectivity index (χ3n) is 4.11. The molecular weight excluding hydrogens is 254 g/mol. The minimum Gasteiger partial charge on any atom is -0.486 e. The maximum atomic E-state index is 12.3. The summed E-state index contributed by atoms with van der Waals surface area (Å²) in [5, 5.41) is 3.12. The van der Waals surface area contributed by atoms with E-state index in [1.807, 2.05) is 6.07 Å².